The average Bonchev–Trinajstić information content (AvgIpc) is 2.56. The van der Waals surface area contributed by atoms with Gasteiger partial charge in [-0.3, -0.25) is 0 Å². The number of nitrogen functional groups attached to an aromatic ring is 1. The van der Waals surface area contributed by atoms with Crippen LogP contribution in [0, 0.1) is 0 Å². The quantitative estimate of drug-likeness (QED) is 0.735. The largest absolute Gasteiger partial charge is 0.398 e. The minimum Gasteiger partial charge on any atom is -0.398 e. The molecule has 0 aliphatic rings. The molecule has 0 atom stereocenters. The van der Waals surface area contributed by atoms with Gasteiger partial charge in [-0.1, -0.05) is 11.6 Å². The average molecular weight is 211 g/mol. The molecule has 0 saturated heterocycles. The second kappa shape index (κ2) is 3.36. The van der Waals surface area contributed by atoms with Gasteiger partial charge in [0.2, 0.25) is 0 Å². The molecule has 0 aliphatic heterocycles. The molecule has 2 N–H and O–H groups in total. The van der Waals surface area contributed by atoms with Crippen molar-refractivity contribution in [2.24, 2.45) is 0 Å². The Balaban J connectivity index is 2.53. The van der Waals surface area contributed by atoms with E-state index in [4.69, 9.17) is 17.3 Å². The normalized spacial score (nSPS) is 10.2. The van der Waals surface area contributed by atoms with Crippen molar-refractivity contribution < 1.29 is 0 Å². The molecule has 0 fully saturated rings. The van der Waals surface area contributed by atoms with Crippen LogP contribution in [0.15, 0.2) is 29.6 Å². The first kappa shape index (κ1) is 8.53. The van der Waals surface area contributed by atoms with Crippen LogP contribution in [-0.2, 0) is 0 Å². The Bertz CT molecular complexity index is 412. The zero-order chi connectivity index (χ0) is 9.26. The highest BCUT2D eigenvalue weighted by Gasteiger charge is 2.04. The fraction of sp³-hybridized carbons (Fsp3) is 0. The molecular weight excluding hydrogens is 204 g/mol. The lowest BCUT2D eigenvalue weighted by atomic mass is 10.1. The van der Waals surface area contributed by atoms with Gasteiger partial charge in [0.1, 0.15) is 0 Å². The maximum Gasteiger partial charge on any atom is 0.0861 e. The van der Waals surface area contributed by atoms with E-state index in [-0.39, 0.29) is 0 Å². The minimum atomic E-state index is 0.650. The molecule has 0 saturated carbocycles. The van der Waals surface area contributed by atoms with Crippen LogP contribution in [0.5, 0.6) is 0 Å². The summed E-state index contributed by atoms with van der Waals surface area (Å²) < 4.78 is 4.20. The standard InChI is InChI=1S/C9H7ClN2S/c10-6-1-2-7(8(11)5-6)9-3-4-13-12-9/h1-5H,11H2. The van der Waals surface area contributed by atoms with Gasteiger partial charge in [0.05, 0.1) is 5.69 Å². The van der Waals surface area contributed by atoms with Gasteiger partial charge in [0.25, 0.3) is 0 Å². The molecule has 66 valence electrons. The van der Waals surface area contributed by atoms with Crippen molar-refractivity contribution in [2.75, 3.05) is 5.73 Å². The van der Waals surface area contributed by atoms with E-state index >= 15 is 0 Å². The lowest BCUT2D eigenvalue weighted by molar-refractivity contribution is 1.52. The maximum absolute atomic E-state index is 5.79. The van der Waals surface area contributed by atoms with E-state index in [0.717, 1.165) is 11.3 Å². The maximum atomic E-state index is 5.79. The third-order valence-electron chi connectivity index (χ3n) is 1.73. The summed E-state index contributed by atoms with van der Waals surface area (Å²) in [6.07, 6.45) is 0. The van der Waals surface area contributed by atoms with Crippen molar-refractivity contribution in [3.8, 4) is 11.3 Å². The van der Waals surface area contributed by atoms with Gasteiger partial charge in [0, 0.05) is 21.7 Å². The van der Waals surface area contributed by atoms with E-state index in [1.807, 2.05) is 23.6 Å². The second-order valence-corrected chi connectivity index (χ2v) is 3.72. The summed E-state index contributed by atoms with van der Waals surface area (Å²) in [6, 6.07) is 7.36. The van der Waals surface area contributed by atoms with E-state index in [9.17, 15) is 0 Å². The van der Waals surface area contributed by atoms with Gasteiger partial charge >= 0.3 is 0 Å². The predicted octanol–water partition coefficient (Wildman–Crippen LogP) is 3.05. The van der Waals surface area contributed by atoms with Crippen LogP contribution in [0.4, 0.5) is 5.69 Å². The summed E-state index contributed by atoms with van der Waals surface area (Å²) in [5.41, 5.74) is 8.30. The van der Waals surface area contributed by atoms with Crippen LogP contribution in [-0.4, -0.2) is 4.37 Å². The molecule has 2 aromatic rings. The first-order valence-corrected chi connectivity index (χ1v) is 4.94. The highest BCUT2D eigenvalue weighted by molar-refractivity contribution is 7.03. The number of anilines is 1. The van der Waals surface area contributed by atoms with Crippen LogP contribution in [0.3, 0.4) is 0 Å². The Morgan fingerprint density at radius 3 is 2.77 bits per heavy atom. The molecule has 0 radical (unpaired) electrons. The summed E-state index contributed by atoms with van der Waals surface area (Å²) in [5.74, 6) is 0. The Labute approximate surface area is 85.1 Å². The number of hydrogen-bond acceptors (Lipinski definition) is 3. The SMILES string of the molecule is Nc1cc(Cl)ccc1-c1ccsn1. The first-order valence-electron chi connectivity index (χ1n) is 3.73. The van der Waals surface area contributed by atoms with Crippen LogP contribution in [0.25, 0.3) is 11.3 Å². The molecule has 2 nitrogen and oxygen atoms in total. The Morgan fingerprint density at radius 1 is 1.31 bits per heavy atom. The summed E-state index contributed by atoms with van der Waals surface area (Å²) in [7, 11) is 0. The molecule has 0 amide bonds. The van der Waals surface area contributed by atoms with E-state index in [1.54, 1.807) is 6.07 Å². The minimum absolute atomic E-state index is 0.650. The van der Waals surface area contributed by atoms with E-state index in [1.165, 1.54) is 11.5 Å². The lowest BCUT2D eigenvalue weighted by Gasteiger charge is -2.01. The van der Waals surface area contributed by atoms with Crippen molar-refractivity contribution >= 4 is 28.8 Å². The molecule has 0 spiro atoms. The van der Waals surface area contributed by atoms with Crippen molar-refractivity contribution in [3.05, 3.63) is 34.7 Å². The lowest BCUT2D eigenvalue weighted by Crippen LogP contribution is -1.89. The molecule has 1 aromatic heterocycles. The number of benzene rings is 1. The molecule has 1 heterocycles. The van der Waals surface area contributed by atoms with Gasteiger partial charge in [-0.25, -0.2) is 0 Å². The van der Waals surface area contributed by atoms with Crippen molar-refractivity contribution in [3.63, 3.8) is 0 Å². The monoisotopic (exact) mass is 210 g/mol. The first-order chi connectivity index (χ1) is 6.27. The van der Waals surface area contributed by atoms with Gasteiger partial charge < -0.3 is 5.73 Å². The zero-order valence-corrected chi connectivity index (χ0v) is 8.27. The summed E-state index contributed by atoms with van der Waals surface area (Å²) >= 11 is 7.19. The summed E-state index contributed by atoms with van der Waals surface area (Å²) in [5, 5.41) is 2.57. The summed E-state index contributed by atoms with van der Waals surface area (Å²) in [4.78, 5) is 0. The van der Waals surface area contributed by atoms with Crippen LogP contribution >= 0.6 is 23.1 Å². The molecule has 13 heavy (non-hydrogen) atoms. The zero-order valence-electron chi connectivity index (χ0n) is 6.70. The van der Waals surface area contributed by atoms with E-state index in [0.29, 0.717) is 10.7 Å². The fourth-order valence-electron chi connectivity index (χ4n) is 1.12. The van der Waals surface area contributed by atoms with Crippen LogP contribution in [0.1, 0.15) is 0 Å². The van der Waals surface area contributed by atoms with Crippen LogP contribution < -0.4 is 5.73 Å². The van der Waals surface area contributed by atoms with Gasteiger partial charge in [-0.15, -0.1) is 0 Å². The Morgan fingerprint density at radius 2 is 2.15 bits per heavy atom. The van der Waals surface area contributed by atoms with Crippen molar-refractivity contribution in [2.45, 2.75) is 0 Å². The molecule has 0 bridgehead atoms. The Hall–Kier alpha value is -1.06. The topological polar surface area (TPSA) is 38.9 Å². The number of nitrogens with two attached hydrogens (primary N) is 1. The second-order valence-electron chi connectivity index (χ2n) is 2.62. The number of nitrogens with zero attached hydrogens (tertiary/aromatic N) is 1. The predicted molar refractivity (Wildman–Crippen MR) is 57.0 cm³/mol. The smallest absolute Gasteiger partial charge is 0.0861 e. The third-order valence-corrected chi connectivity index (χ3v) is 2.52. The van der Waals surface area contributed by atoms with Gasteiger partial charge in [0.15, 0.2) is 0 Å². The Kier molecular flexibility index (Phi) is 2.20. The molecule has 4 heteroatoms. The van der Waals surface area contributed by atoms with E-state index in [2.05, 4.69) is 4.37 Å². The van der Waals surface area contributed by atoms with Crippen LogP contribution in [0.2, 0.25) is 5.02 Å². The highest BCUT2D eigenvalue weighted by Crippen LogP contribution is 2.27. The highest BCUT2D eigenvalue weighted by atomic mass is 35.5. The third kappa shape index (κ3) is 1.66. The number of rotatable bonds is 1. The summed E-state index contributed by atoms with van der Waals surface area (Å²) in [6.45, 7) is 0. The fourth-order valence-corrected chi connectivity index (χ4v) is 1.82. The molecule has 1 aromatic carbocycles. The molecule has 0 aliphatic carbocycles. The molecular formula is C9H7ClN2S. The number of halogens is 1. The van der Waals surface area contributed by atoms with E-state index < -0.39 is 0 Å². The number of hydrogen-bond donors (Lipinski definition) is 1. The van der Waals surface area contributed by atoms with Gasteiger partial charge in [-0.05, 0) is 35.8 Å². The molecule has 2 rings (SSSR count). The van der Waals surface area contributed by atoms with Crippen molar-refractivity contribution in [1.29, 1.82) is 0 Å². The van der Waals surface area contributed by atoms with Crippen molar-refractivity contribution in [1.82, 2.24) is 4.37 Å². The molecule has 0 unspecified atom stereocenters. The number of aromatic nitrogens is 1. The van der Waals surface area contributed by atoms with Gasteiger partial charge in [-0.2, -0.15) is 4.37 Å².